The van der Waals surface area contributed by atoms with Gasteiger partial charge in [0.05, 0.1) is 41.7 Å². The van der Waals surface area contributed by atoms with Crippen LogP contribution in [-0.4, -0.2) is 52.9 Å². The van der Waals surface area contributed by atoms with Crippen molar-refractivity contribution in [2.45, 2.75) is 19.4 Å². The van der Waals surface area contributed by atoms with E-state index in [-0.39, 0.29) is 18.1 Å². The van der Waals surface area contributed by atoms with Gasteiger partial charge in [0.2, 0.25) is 5.95 Å². The molecule has 6 aromatic rings. The third-order valence-electron chi connectivity index (χ3n) is 7.71. The lowest BCUT2D eigenvalue weighted by Gasteiger charge is -2.30. The molecule has 1 amide bonds. The molecule has 12 nitrogen and oxygen atoms in total. The van der Waals surface area contributed by atoms with Crippen molar-refractivity contribution in [2.75, 3.05) is 23.4 Å². The zero-order chi connectivity index (χ0) is 28.9. The number of carbonyl (C=O) groups is 1. The molecule has 7 heterocycles. The van der Waals surface area contributed by atoms with E-state index in [4.69, 9.17) is 9.72 Å². The van der Waals surface area contributed by atoms with E-state index in [0.717, 1.165) is 29.6 Å². The van der Waals surface area contributed by atoms with Crippen LogP contribution >= 0.6 is 0 Å². The summed E-state index contributed by atoms with van der Waals surface area (Å²) in [7, 11) is 0. The van der Waals surface area contributed by atoms with Crippen molar-refractivity contribution in [3.8, 4) is 17.1 Å². The molecule has 0 aliphatic carbocycles. The number of aromatic nitrogens is 7. The molecule has 0 spiro atoms. The van der Waals surface area contributed by atoms with Crippen molar-refractivity contribution >= 4 is 45.3 Å². The van der Waals surface area contributed by atoms with Gasteiger partial charge in [-0.1, -0.05) is 12.2 Å². The second kappa shape index (κ2) is 9.94. The number of hydrogen-bond acceptors (Lipinski definition) is 8. The third kappa shape index (κ3) is 4.22. The van der Waals surface area contributed by atoms with E-state index in [1.165, 1.54) is 0 Å². The fraction of sp³-hybridized carbons (Fsp3) is 0.161. The van der Waals surface area contributed by atoms with Crippen molar-refractivity contribution in [3.63, 3.8) is 0 Å². The molecule has 0 saturated heterocycles. The molecule has 2 bridgehead atoms. The summed E-state index contributed by atoms with van der Waals surface area (Å²) in [4.78, 5) is 46.2. The summed E-state index contributed by atoms with van der Waals surface area (Å²) in [6, 6.07) is 13.4. The van der Waals surface area contributed by atoms with E-state index in [2.05, 4.69) is 20.3 Å². The number of pyridine rings is 2. The molecule has 0 radical (unpaired) electrons. The Bertz CT molecular complexity index is 2130. The quantitative estimate of drug-likeness (QED) is 0.315. The monoisotopic (exact) mass is 571 g/mol. The Kier molecular flexibility index (Phi) is 5.77. The molecule has 43 heavy (non-hydrogen) atoms. The van der Waals surface area contributed by atoms with Crippen molar-refractivity contribution in [2.24, 2.45) is 0 Å². The minimum absolute atomic E-state index is 0.0104. The van der Waals surface area contributed by atoms with Gasteiger partial charge in [-0.2, -0.15) is 4.98 Å². The summed E-state index contributed by atoms with van der Waals surface area (Å²) in [5.74, 6) is 0.871. The van der Waals surface area contributed by atoms with Crippen LogP contribution in [-0.2, 0) is 11.3 Å². The molecule has 1 aromatic carbocycles. The van der Waals surface area contributed by atoms with E-state index in [1.54, 1.807) is 39.1 Å². The van der Waals surface area contributed by atoms with Crippen molar-refractivity contribution in [1.82, 2.24) is 33.9 Å². The number of nitrogens with zero attached hydrogens (tertiary/aromatic N) is 8. The number of ether oxygens (including phenoxy) is 1. The zero-order valence-electron chi connectivity index (χ0n) is 22.9. The van der Waals surface area contributed by atoms with E-state index >= 15 is 0 Å². The molecule has 0 fully saturated rings. The summed E-state index contributed by atoms with van der Waals surface area (Å²) in [6.07, 6.45) is 14.3. The van der Waals surface area contributed by atoms with Gasteiger partial charge in [0.25, 0.3) is 11.5 Å². The summed E-state index contributed by atoms with van der Waals surface area (Å²) >= 11 is 0. The topological polar surface area (TPSA) is 125 Å². The molecule has 12 heteroatoms. The van der Waals surface area contributed by atoms with Crippen molar-refractivity contribution in [3.05, 3.63) is 96.0 Å². The largest absolute Gasteiger partial charge is 0.482 e. The predicted molar refractivity (Wildman–Crippen MR) is 161 cm³/mol. The van der Waals surface area contributed by atoms with E-state index in [1.807, 2.05) is 65.4 Å². The number of hydrogen-bond donors (Lipinski definition) is 1. The van der Waals surface area contributed by atoms with Crippen LogP contribution in [0.25, 0.3) is 33.4 Å². The predicted octanol–water partition coefficient (Wildman–Crippen LogP) is 4.14. The van der Waals surface area contributed by atoms with Gasteiger partial charge in [-0.3, -0.25) is 19.1 Å². The Morgan fingerprint density at radius 1 is 0.930 bits per heavy atom. The lowest BCUT2D eigenvalue weighted by Crippen LogP contribution is -2.39. The first-order valence-electron chi connectivity index (χ1n) is 14.0. The lowest BCUT2D eigenvalue weighted by molar-refractivity contribution is -0.121. The summed E-state index contributed by atoms with van der Waals surface area (Å²) < 4.78 is 11.1. The SMILES string of the molecule is O=C1COc2ccc3cc2N1CCCC=CCn1c(=O)c2cnc(Nc4cnc5c(ccn5-c5cccnc5)c4)nc2n1-3. The highest BCUT2D eigenvalue weighted by atomic mass is 16.5. The first-order chi connectivity index (χ1) is 21.1. The number of fused-ring (bicyclic) bond motifs is 6. The Morgan fingerprint density at radius 3 is 2.79 bits per heavy atom. The van der Waals surface area contributed by atoms with Crippen LogP contribution in [0.1, 0.15) is 12.8 Å². The number of anilines is 3. The Balaban J connectivity index is 1.22. The summed E-state index contributed by atoms with van der Waals surface area (Å²) in [5.41, 5.74) is 4.03. The highest BCUT2D eigenvalue weighted by molar-refractivity contribution is 5.98. The summed E-state index contributed by atoms with van der Waals surface area (Å²) in [6.45, 7) is 0.960. The van der Waals surface area contributed by atoms with Gasteiger partial charge < -0.3 is 15.0 Å². The normalized spacial score (nSPS) is 14.7. The van der Waals surface area contributed by atoms with Crippen LogP contribution in [0.15, 0.2) is 90.4 Å². The highest BCUT2D eigenvalue weighted by Gasteiger charge is 2.27. The number of carbonyl (C=O) groups excluding carboxylic acids is 1. The summed E-state index contributed by atoms with van der Waals surface area (Å²) in [5, 5.41) is 4.57. The third-order valence-corrected chi connectivity index (χ3v) is 7.71. The minimum atomic E-state index is -0.204. The van der Waals surface area contributed by atoms with E-state index in [0.29, 0.717) is 52.9 Å². The van der Waals surface area contributed by atoms with Gasteiger partial charge in [-0.25, -0.2) is 19.3 Å². The lowest BCUT2D eigenvalue weighted by atomic mass is 10.1. The molecule has 1 N–H and O–H groups in total. The van der Waals surface area contributed by atoms with Crippen molar-refractivity contribution < 1.29 is 9.53 Å². The smallest absolute Gasteiger partial charge is 0.278 e. The Morgan fingerprint density at radius 2 is 1.88 bits per heavy atom. The average Bonchev–Trinajstić information content (AvgIpc) is 3.57. The number of rotatable bonds is 3. The van der Waals surface area contributed by atoms with Gasteiger partial charge in [-0.15, -0.1) is 0 Å². The van der Waals surface area contributed by atoms with Gasteiger partial charge in [0.1, 0.15) is 16.8 Å². The van der Waals surface area contributed by atoms with E-state index in [9.17, 15) is 9.59 Å². The van der Waals surface area contributed by atoms with E-state index < -0.39 is 0 Å². The number of benzene rings is 1. The van der Waals surface area contributed by atoms with Crippen LogP contribution in [0.5, 0.6) is 5.75 Å². The Labute approximate surface area is 244 Å². The van der Waals surface area contributed by atoms with Crippen LogP contribution in [0.4, 0.5) is 17.3 Å². The number of allylic oxidation sites excluding steroid dienone is 2. The first-order valence-corrected chi connectivity index (χ1v) is 14.0. The molecule has 8 rings (SSSR count). The van der Waals surface area contributed by atoms with Crippen LogP contribution in [0, 0.1) is 0 Å². The molecule has 0 unspecified atom stereocenters. The Hall–Kier alpha value is -5.78. The van der Waals surface area contributed by atoms with Crippen LogP contribution in [0.3, 0.4) is 0 Å². The fourth-order valence-electron chi connectivity index (χ4n) is 5.67. The molecular formula is C31H25N9O3. The van der Waals surface area contributed by atoms with Crippen LogP contribution in [0.2, 0.25) is 0 Å². The zero-order valence-corrected chi connectivity index (χ0v) is 22.9. The molecule has 2 aliphatic rings. The van der Waals surface area contributed by atoms with Gasteiger partial charge >= 0.3 is 0 Å². The standard InChI is InChI=1S/C31H25N9O3/c41-27-19-43-26-8-7-22-15-25(26)38(27)11-3-1-2-4-12-39-30(42)24-18-34-31(36-29(24)40(22)39)35-21-14-20-9-13-37(28(20)33-16-21)23-6-5-10-32-17-23/h2,4-10,13-18H,1,3,11-12,19H2,(H,34,35,36). The molecular weight excluding hydrogens is 546 g/mol. The molecule has 5 aromatic heterocycles. The molecule has 212 valence electrons. The van der Waals surface area contributed by atoms with Crippen LogP contribution < -0.4 is 20.5 Å². The van der Waals surface area contributed by atoms with Gasteiger partial charge in [0.15, 0.2) is 12.3 Å². The first kappa shape index (κ1) is 25.0. The second-order valence-electron chi connectivity index (χ2n) is 10.4. The maximum Gasteiger partial charge on any atom is 0.278 e. The van der Waals surface area contributed by atoms with Gasteiger partial charge in [-0.05, 0) is 55.3 Å². The maximum atomic E-state index is 13.6. The number of amides is 1. The van der Waals surface area contributed by atoms with Gasteiger partial charge in [0, 0.05) is 30.5 Å². The maximum absolute atomic E-state index is 13.6. The second-order valence-corrected chi connectivity index (χ2v) is 10.4. The minimum Gasteiger partial charge on any atom is -0.482 e. The highest BCUT2D eigenvalue weighted by Crippen LogP contribution is 2.35. The molecule has 2 aliphatic heterocycles. The molecule has 0 saturated carbocycles. The fourth-order valence-corrected chi connectivity index (χ4v) is 5.67. The molecule has 0 atom stereocenters. The average molecular weight is 572 g/mol. The number of nitrogens with one attached hydrogen (secondary N) is 1. The van der Waals surface area contributed by atoms with Crippen molar-refractivity contribution in [1.29, 1.82) is 0 Å².